The number of anilines is 2. The lowest BCUT2D eigenvalue weighted by Gasteiger charge is -2.15. The molecule has 0 aliphatic heterocycles. The van der Waals surface area contributed by atoms with Crippen molar-refractivity contribution in [2.24, 2.45) is 11.5 Å². The summed E-state index contributed by atoms with van der Waals surface area (Å²) in [7, 11) is 0. The summed E-state index contributed by atoms with van der Waals surface area (Å²) in [6.45, 7) is 9.89. The number of allylic oxidation sites excluding steroid dienone is 4. The lowest BCUT2D eigenvalue weighted by atomic mass is 10.1. The van der Waals surface area contributed by atoms with E-state index in [1.165, 1.54) is 4.80 Å². The van der Waals surface area contributed by atoms with E-state index >= 15 is 0 Å². The van der Waals surface area contributed by atoms with Crippen molar-refractivity contribution < 1.29 is 9.18 Å². The Labute approximate surface area is 174 Å². The van der Waals surface area contributed by atoms with Crippen molar-refractivity contribution in [3.05, 3.63) is 59.8 Å². The number of carbonyl (C=O) groups is 1. The molecule has 2 aromatic heterocycles. The number of hydrogen-bond donors (Lipinski definition) is 4. The van der Waals surface area contributed by atoms with Gasteiger partial charge in [0.05, 0.1) is 23.7 Å². The number of hydrogen-bond acceptors (Lipinski definition) is 7. The van der Waals surface area contributed by atoms with E-state index in [-0.39, 0.29) is 23.2 Å². The molecule has 0 saturated carbocycles. The van der Waals surface area contributed by atoms with E-state index in [1.54, 1.807) is 38.4 Å². The Kier molecular flexibility index (Phi) is 7.82. The summed E-state index contributed by atoms with van der Waals surface area (Å²) < 4.78 is 14.3. The van der Waals surface area contributed by atoms with Gasteiger partial charge < -0.3 is 22.1 Å². The van der Waals surface area contributed by atoms with Crippen molar-refractivity contribution in [3.63, 3.8) is 0 Å². The quantitative estimate of drug-likeness (QED) is 0.438. The third-order valence-corrected chi connectivity index (χ3v) is 4.12. The topological polar surface area (TPSA) is 137 Å². The predicted octanol–water partition coefficient (Wildman–Crippen LogP) is 2.49. The van der Waals surface area contributed by atoms with Gasteiger partial charge >= 0.3 is 0 Å². The van der Waals surface area contributed by atoms with Gasteiger partial charge in [-0.1, -0.05) is 19.6 Å². The molecule has 10 heteroatoms. The van der Waals surface area contributed by atoms with Gasteiger partial charge in [-0.2, -0.15) is 15.0 Å². The molecule has 0 unspecified atom stereocenters. The van der Waals surface area contributed by atoms with Gasteiger partial charge in [0.15, 0.2) is 11.6 Å². The van der Waals surface area contributed by atoms with Crippen molar-refractivity contribution >= 4 is 23.2 Å². The molecule has 30 heavy (non-hydrogen) atoms. The first-order valence-electron chi connectivity index (χ1n) is 9.46. The second kappa shape index (κ2) is 10.3. The van der Waals surface area contributed by atoms with Crippen LogP contribution in [0.25, 0.3) is 5.70 Å². The van der Waals surface area contributed by atoms with Crippen molar-refractivity contribution in [2.75, 3.05) is 17.2 Å². The number of nitrogens with one attached hydrogen (secondary N) is 2. The Morgan fingerprint density at radius 3 is 2.57 bits per heavy atom. The molecular formula is C20H27FN8O. The molecule has 0 radical (unpaired) electrons. The first kappa shape index (κ1) is 22.8. The number of amides is 1. The van der Waals surface area contributed by atoms with E-state index < -0.39 is 11.7 Å². The third-order valence-electron chi connectivity index (χ3n) is 4.12. The lowest BCUT2D eigenvalue weighted by Crippen LogP contribution is -2.26. The predicted molar refractivity (Wildman–Crippen MR) is 116 cm³/mol. The van der Waals surface area contributed by atoms with Gasteiger partial charge in [0.25, 0.3) is 5.91 Å². The summed E-state index contributed by atoms with van der Waals surface area (Å²) in [6.07, 6.45) is 7.32. The minimum absolute atomic E-state index is 0.0360. The largest absolute Gasteiger partial charge is 0.366 e. The van der Waals surface area contributed by atoms with Gasteiger partial charge in [-0.25, -0.2) is 9.37 Å². The lowest BCUT2D eigenvalue weighted by molar-refractivity contribution is 0.100. The van der Waals surface area contributed by atoms with Gasteiger partial charge in [0.2, 0.25) is 0 Å². The Balaban J connectivity index is 2.45. The molecule has 0 fully saturated rings. The zero-order valence-electron chi connectivity index (χ0n) is 17.3. The minimum atomic E-state index is -0.811. The minimum Gasteiger partial charge on any atom is -0.366 e. The smallest absolute Gasteiger partial charge is 0.252 e. The van der Waals surface area contributed by atoms with Gasteiger partial charge in [-0.3, -0.25) is 4.79 Å². The number of rotatable bonds is 10. The highest BCUT2D eigenvalue weighted by Crippen LogP contribution is 2.24. The molecule has 0 aromatic carbocycles. The van der Waals surface area contributed by atoms with E-state index in [9.17, 15) is 9.18 Å². The summed E-state index contributed by atoms with van der Waals surface area (Å²) in [6, 6.07) is 0.829. The van der Waals surface area contributed by atoms with Crippen LogP contribution >= 0.6 is 0 Å². The Bertz CT molecular complexity index is 963. The molecule has 0 aliphatic carbocycles. The summed E-state index contributed by atoms with van der Waals surface area (Å²) in [5.41, 5.74) is 13.1. The van der Waals surface area contributed by atoms with Crippen molar-refractivity contribution in [1.29, 1.82) is 0 Å². The van der Waals surface area contributed by atoms with E-state index in [1.807, 2.05) is 6.92 Å². The first-order valence-corrected chi connectivity index (χ1v) is 9.46. The van der Waals surface area contributed by atoms with Crippen LogP contribution < -0.4 is 22.1 Å². The molecule has 0 saturated heterocycles. The van der Waals surface area contributed by atoms with E-state index in [2.05, 4.69) is 32.4 Å². The van der Waals surface area contributed by atoms with E-state index in [4.69, 9.17) is 11.5 Å². The van der Waals surface area contributed by atoms with Crippen LogP contribution in [0.4, 0.5) is 16.0 Å². The van der Waals surface area contributed by atoms with Gasteiger partial charge in [-0.05, 0) is 38.0 Å². The second-order valence-corrected chi connectivity index (χ2v) is 6.61. The second-order valence-electron chi connectivity index (χ2n) is 6.61. The molecule has 6 N–H and O–H groups in total. The third kappa shape index (κ3) is 5.74. The SMILES string of the molecule is C=C(CC)/C(=C\C(=C/C)Nc1nc(NC[C@H](C)N)c(F)cc1C(N)=O)n1nccn1. The van der Waals surface area contributed by atoms with Gasteiger partial charge in [0.1, 0.15) is 5.82 Å². The number of nitrogens with zero attached hydrogens (tertiary/aromatic N) is 4. The monoisotopic (exact) mass is 414 g/mol. The maximum absolute atomic E-state index is 14.3. The maximum Gasteiger partial charge on any atom is 0.252 e. The molecule has 9 nitrogen and oxygen atoms in total. The van der Waals surface area contributed by atoms with Crippen LogP contribution in [-0.2, 0) is 0 Å². The molecule has 160 valence electrons. The van der Waals surface area contributed by atoms with Crippen LogP contribution in [0.2, 0.25) is 0 Å². The van der Waals surface area contributed by atoms with Crippen molar-refractivity contribution in [3.8, 4) is 0 Å². The molecule has 0 spiro atoms. The molecular weight excluding hydrogens is 387 g/mol. The Hall–Kier alpha value is -3.53. The summed E-state index contributed by atoms with van der Waals surface area (Å²) in [4.78, 5) is 17.5. The molecule has 1 amide bonds. The summed E-state index contributed by atoms with van der Waals surface area (Å²) in [5.74, 6) is -1.44. The first-order chi connectivity index (χ1) is 14.3. The molecule has 0 aliphatic rings. The highest BCUT2D eigenvalue weighted by molar-refractivity contribution is 5.98. The Morgan fingerprint density at radius 1 is 1.37 bits per heavy atom. The van der Waals surface area contributed by atoms with Crippen LogP contribution in [0.15, 0.2) is 48.5 Å². The number of pyridine rings is 1. The van der Waals surface area contributed by atoms with Gasteiger partial charge in [-0.15, -0.1) is 0 Å². The molecule has 1 atom stereocenters. The van der Waals surface area contributed by atoms with Crippen molar-refractivity contribution in [2.45, 2.75) is 33.2 Å². The molecule has 0 bridgehead atoms. The van der Waals surface area contributed by atoms with E-state index in [0.717, 1.165) is 11.6 Å². The normalized spacial score (nSPS) is 13.1. The van der Waals surface area contributed by atoms with Crippen LogP contribution in [0.1, 0.15) is 37.6 Å². The standard InChI is InChI=1S/C20H27FN8O/c1-5-12(3)17(29-25-7-8-26-29)9-14(6-2)27-19-15(18(23)30)10-16(21)20(28-19)24-11-13(4)22/h6-10,13H,3,5,11,22H2,1-2,4H3,(H2,23,30)(H2,24,27,28)/b14-6+,17-9+/t13-/m0/s1. The number of primary amides is 1. The van der Waals surface area contributed by atoms with Crippen molar-refractivity contribution in [1.82, 2.24) is 20.0 Å². The average Bonchev–Trinajstić information content (AvgIpc) is 3.24. The molecule has 2 heterocycles. The van der Waals surface area contributed by atoms with E-state index in [0.29, 0.717) is 24.4 Å². The fourth-order valence-electron chi connectivity index (χ4n) is 2.45. The average molecular weight is 414 g/mol. The zero-order chi connectivity index (χ0) is 22.3. The van der Waals surface area contributed by atoms with Crippen LogP contribution in [0.3, 0.4) is 0 Å². The number of carbonyl (C=O) groups excluding carboxylic acids is 1. The number of aromatic nitrogens is 4. The number of halogens is 1. The highest BCUT2D eigenvalue weighted by atomic mass is 19.1. The van der Waals surface area contributed by atoms with Crippen LogP contribution in [-0.4, -0.2) is 38.5 Å². The van der Waals surface area contributed by atoms with Crippen LogP contribution in [0.5, 0.6) is 0 Å². The Morgan fingerprint density at radius 2 is 2.03 bits per heavy atom. The zero-order valence-corrected chi connectivity index (χ0v) is 17.3. The summed E-state index contributed by atoms with van der Waals surface area (Å²) in [5, 5.41) is 14.2. The van der Waals surface area contributed by atoms with Crippen LogP contribution in [0, 0.1) is 5.82 Å². The fraction of sp³-hybridized carbons (Fsp3) is 0.300. The number of nitrogens with two attached hydrogens (primary N) is 2. The highest BCUT2D eigenvalue weighted by Gasteiger charge is 2.17. The van der Waals surface area contributed by atoms with Gasteiger partial charge in [0, 0.05) is 18.3 Å². The molecule has 2 rings (SSSR count). The fourth-order valence-corrected chi connectivity index (χ4v) is 2.45. The maximum atomic E-state index is 14.3. The summed E-state index contributed by atoms with van der Waals surface area (Å²) >= 11 is 0. The molecule has 2 aromatic rings.